The Morgan fingerprint density at radius 2 is 1.78 bits per heavy atom. The van der Waals surface area contributed by atoms with Crippen LogP contribution < -0.4 is 4.90 Å². The predicted molar refractivity (Wildman–Crippen MR) is 99.7 cm³/mol. The molecule has 0 amide bonds. The number of fused-ring (bicyclic) bond motifs is 1. The Labute approximate surface area is 141 Å². The van der Waals surface area contributed by atoms with Gasteiger partial charge in [-0.15, -0.1) is 0 Å². The summed E-state index contributed by atoms with van der Waals surface area (Å²) in [5.41, 5.74) is 5.57. The lowest BCUT2D eigenvalue weighted by Crippen LogP contribution is -2.33. The quantitative estimate of drug-likeness (QED) is 0.636. The SMILES string of the molecule is Cc1cccc(C2CCN(c3nc4ccccc4s3)CC2)c1C. The molecule has 2 heterocycles. The minimum absolute atomic E-state index is 0.695. The Morgan fingerprint density at radius 3 is 2.57 bits per heavy atom. The number of rotatable bonds is 2. The minimum atomic E-state index is 0.695. The molecule has 2 nitrogen and oxygen atoms in total. The number of nitrogens with zero attached hydrogens (tertiary/aromatic N) is 2. The molecule has 23 heavy (non-hydrogen) atoms. The summed E-state index contributed by atoms with van der Waals surface area (Å²) in [6, 6.07) is 15.2. The van der Waals surface area contributed by atoms with Crippen LogP contribution in [0.1, 0.15) is 35.4 Å². The van der Waals surface area contributed by atoms with Gasteiger partial charge in [0.05, 0.1) is 10.2 Å². The van der Waals surface area contributed by atoms with E-state index in [0.29, 0.717) is 5.92 Å². The molecule has 2 aromatic carbocycles. The van der Waals surface area contributed by atoms with Gasteiger partial charge in [-0.1, -0.05) is 41.7 Å². The zero-order chi connectivity index (χ0) is 15.8. The predicted octanol–water partition coefficient (Wildman–Crippen LogP) is 5.30. The van der Waals surface area contributed by atoms with Gasteiger partial charge >= 0.3 is 0 Å². The second-order valence-electron chi connectivity index (χ2n) is 6.51. The summed E-state index contributed by atoms with van der Waals surface area (Å²) < 4.78 is 1.29. The lowest BCUT2D eigenvalue weighted by atomic mass is 9.85. The van der Waals surface area contributed by atoms with Gasteiger partial charge in [0.2, 0.25) is 0 Å². The molecule has 0 unspecified atom stereocenters. The number of para-hydroxylation sites is 1. The van der Waals surface area contributed by atoms with Gasteiger partial charge in [0.25, 0.3) is 0 Å². The van der Waals surface area contributed by atoms with Crippen molar-refractivity contribution in [1.29, 1.82) is 0 Å². The first kappa shape index (κ1) is 14.7. The molecule has 0 saturated carbocycles. The lowest BCUT2D eigenvalue weighted by molar-refractivity contribution is 0.503. The molecule has 1 fully saturated rings. The maximum Gasteiger partial charge on any atom is 0.186 e. The molecule has 0 spiro atoms. The average molecular weight is 322 g/mol. The van der Waals surface area contributed by atoms with Gasteiger partial charge in [0.1, 0.15) is 0 Å². The second-order valence-corrected chi connectivity index (χ2v) is 7.52. The van der Waals surface area contributed by atoms with Crippen molar-refractivity contribution in [2.45, 2.75) is 32.6 Å². The molecule has 1 aromatic heterocycles. The number of hydrogen-bond acceptors (Lipinski definition) is 3. The van der Waals surface area contributed by atoms with Gasteiger partial charge in [0, 0.05) is 13.1 Å². The fraction of sp³-hybridized carbons (Fsp3) is 0.350. The fourth-order valence-electron chi connectivity index (χ4n) is 3.59. The van der Waals surface area contributed by atoms with Crippen molar-refractivity contribution in [3.8, 4) is 0 Å². The van der Waals surface area contributed by atoms with E-state index in [1.807, 2.05) is 11.3 Å². The van der Waals surface area contributed by atoms with Crippen molar-refractivity contribution in [3.63, 3.8) is 0 Å². The van der Waals surface area contributed by atoms with Crippen molar-refractivity contribution < 1.29 is 0 Å². The molecule has 1 aliphatic heterocycles. The Hall–Kier alpha value is -1.87. The van der Waals surface area contributed by atoms with Crippen LogP contribution >= 0.6 is 11.3 Å². The number of anilines is 1. The highest BCUT2D eigenvalue weighted by atomic mass is 32.1. The van der Waals surface area contributed by atoms with Crippen molar-refractivity contribution >= 4 is 26.7 Å². The maximum atomic E-state index is 4.81. The Kier molecular flexibility index (Phi) is 3.82. The zero-order valence-corrected chi connectivity index (χ0v) is 14.6. The third-order valence-electron chi connectivity index (χ3n) is 5.13. The number of aryl methyl sites for hydroxylation is 1. The molecule has 4 rings (SSSR count). The number of thiazole rings is 1. The highest BCUT2D eigenvalue weighted by molar-refractivity contribution is 7.22. The Bertz CT molecular complexity index is 796. The minimum Gasteiger partial charge on any atom is -0.348 e. The summed E-state index contributed by atoms with van der Waals surface area (Å²) in [7, 11) is 0. The van der Waals surface area contributed by atoms with E-state index in [2.05, 4.69) is 61.2 Å². The van der Waals surface area contributed by atoms with Gasteiger partial charge in [0.15, 0.2) is 5.13 Å². The third kappa shape index (κ3) is 2.74. The highest BCUT2D eigenvalue weighted by Crippen LogP contribution is 2.35. The van der Waals surface area contributed by atoms with Crippen LogP contribution in [0.25, 0.3) is 10.2 Å². The average Bonchev–Trinajstić information content (AvgIpc) is 3.02. The molecular weight excluding hydrogens is 300 g/mol. The van der Waals surface area contributed by atoms with Crippen molar-refractivity contribution in [2.75, 3.05) is 18.0 Å². The first-order chi connectivity index (χ1) is 11.2. The van der Waals surface area contributed by atoms with Crippen molar-refractivity contribution in [1.82, 2.24) is 4.98 Å². The van der Waals surface area contributed by atoms with Gasteiger partial charge < -0.3 is 4.90 Å². The number of piperidine rings is 1. The largest absolute Gasteiger partial charge is 0.348 e. The number of benzene rings is 2. The first-order valence-electron chi connectivity index (χ1n) is 8.39. The van der Waals surface area contributed by atoms with Crippen LogP contribution in [0.5, 0.6) is 0 Å². The summed E-state index contributed by atoms with van der Waals surface area (Å²) in [5, 5.41) is 1.19. The van der Waals surface area contributed by atoms with Crippen LogP contribution in [-0.2, 0) is 0 Å². The molecule has 3 aromatic rings. The second kappa shape index (κ2) is 5.97. The normalized spacial score (nSPS) is 16.2. The summed E-state index contributed by atoms with van der Waals surface area (Å²) in [5.74, 6) is 0.695. The summed E-state index contributed by atoms with van der Waals surface area (Å²) in [6.07, 6.45) is 2.44. The van der Waals surface area contributed by atoms with Crippen LogP contribution in [0, 0.1) is 13.8 Å². The van der Waals surface area contributed by atoms with Crippen molar-refractivity contribution in [2.24, 2.45) is 0 Å². The van der Waals surface area contributed by atoms with Crippen molar-refractivity contribution in [3.05, 3.63) is 59.2 Å². The van der Waals surface area contributed by atoms with Crippen LogP contribution in [0.15, 0.2) is 42.5 Å². The Morgan fingerprint density at radius 1 is 1.00 bits per heavy atom. The van der Waals surface area contributed by atoms with E-state index < -0.39 is 0 Å². The van der Waals surface area contributed by atoms with Crippen LogP contribution in [-0.4, -0.2) is 18.1 Å². The number of aromatic nitrogens is 1. The smallest absolute Gasteiger partial charge is 0.186 e. The molecule has 1 aliphatic rings. The van der Waals surface area contributed by atoms with Gasteiger partial charge in [-0.25, -0.2) is 4.98 Å². The van der Waals surface area contributed by atoms with E-state index >= 15 is 0 Å². The fourth-order valence-corrected chi connectivity index (χ4v) is 4.61. The molecule has 0 bridgehead atoms. The van der Waals surface area contributed by atoms with E-state index in [9.17, 15) is 0 Å². The molecular formula is C20H22N2S. The van der Waals surface area contributed by atoms with Crippen LogP contribution in [0.3, 0.4) is 0 Å². The van der Waals surface area contributed by atoms with Crippen LogP contribution in [0.4, 0.5) is 5.13 Å². The molecule has 0 N–H and O–H groups in total. The van der Waals surface area contributed by atoms with E-state index in [4.69, 9.17) is 4.98 Å². The van der Waals surface area contributed by atoms with Crippen LogP contribution in [0.2, 0.25) is 0 Å². The van der Waals surface area contributed by atoms with E-state index in [-0.39, 0.29) is 0 Å². The lowest BCUT2D eigenvalue weighted by Gasteiger charge is -2.32. The standard InChI is InChI=1S/C20H22N2S/c1-14-6-5-7-17(15(14)2)16-10-12-22(13-11-16)20-21-18-8-3-4-9-19(18)23-20/h3-9,16H,10-13H2,1-2H3. The van der Waals surface area contributed by atoms with Gasteiger partial charge in [-0.05, 0) is 61.4 Å². The Balaban J connectivity index is 1.51. The summed E-state index contributed by atoms with van der Waals surface area (Å²) >= 11 is 1.82. The van der Waals surface area contributed by atoms with Gasteiger partial charge in [-0.3, -0.25) is 0 Å². The molecule has 3 heteroatoms. The first-order valence-corrected chi connectivity index (χ1v) is 9.20. The molecule has 0 radical (unpaired) electrons. The molecule has 118 valence electrons. The monoisotopic (exact) mass is 322 g/mol. The van der Waals surface area contributed by atoms with E-state index in [1.165, 1.54) is 33.8 Å². The molecule has 1 saturated heterocycles. The van der Waals surface area contributed by atoms with E-state index in [1.54, 1.807) is 5.56 Å². The summed E-state index contributed by atoms with van der Waals surface area (Å²) in [4.78, 5) is 7.27. The van der Waals surface area contributed by atoms with Gasteiger partial charge in [-0.2, -0.15) is 0 Å². The molecule has 0 aliphatic carbocycles. The molecule has 0 atom stereocenters. The highest BCUT2D eigenvalue weighted by Gasteiger charge is 2.23. The summed E-state index contributed by atoms with van der Waals surface area (Å²) in [6.45, 7) is 6.70. The topological polar surface area (TPSA) is 16.1 Å². The number of hydrogen-bond donors (Lipinski definition) is 0. The van der Waals surface area contributed by atoms with E-state index in [0.717, 1.165) is 18.6 Å². The maximum absolute atomic E-state index is 4.81. The third-order valence-corrected chi connectivity index (χ3v) is 6.23. The zero-order valence-electron chi connectivity index (χ0n) is 13.7.